The van der Waals surface area contributed by atoms with Gasteiger partial charge in [-0.2, -0.15) is 0 Å². The fraction of sp³-hybridized carbons (Fsp3) is 0.306. The molecule has 5 amide bonds. The van der Waals surface area contributed by atoms with E-state index in [-0.39, 0.29) is 38.2 Å². The molecule has 4 atom stereocenters. The summed E-state index contributed by atoms with van der Waals surface area (Å²) in [6, 6.07) is 16.4. The van der Waals surface area contributed by atoms with Crippen LogP contribution in [0.15, 0.2) is 84.2 Å². The van der Waals surface area contributed by atoms with Crippen molar-refractivity contribution in [3.8, 4) is 0 Å². The predicted molar refractivity (Wildman–Crippen MR) is 205 cm³/mol. The third-order valence-corrected chi connectivity index (χ3v) is 8.87. The normalized spacial score (nSPS) is 13.2. The molecule has 52 heavy (non-hydrogen) atoms. The molecule has 16 heteroatoms. The molecule has 0 saturated heterocycles. The van der Waals surface area contributed by atoms with E-state index in [1.165, 1.54) is 19.4 Å². The minimum atomic E-state index is -1.17. The molecule has 4 aromatic rings. The molecule has 0 aliphatic heterocycles. The van der Waals surface area contributed by atoms with E-state index in [1.54, 1.807) is 0 Å². The molecule has 11 N–H and O–H groups in total. The summed E-state index contributed by atoms with van der Waals surface area (Å²) in [4.78, 5) is 76.9. The number of nitrogens with two attached hydrogens (primary N) is 3. The van der Waals surface area contributed by atoms with Gasteiger partial charge in [0.2, 0.25) is 29.5 Å². The molecule has 4 rings (SSSR count). The fourth-order valence-electron chi connectivity index (χ4n) is 5.55. The molecule has 0 aliphatic carbocycles. The van der Waals surface area contributed by atoms with Gasteiger partial charge in [-0.3, -0.25) is 29.0 Å². The molecule has 0 saturated carbocycles. The number of carbonyl (C=O) groups excluding carboxylic acids is 5. The first-order valence-corrected chi connectivity index (χ1v) is 17.7. The topological polar surface area (TPSA) is 253 Å². The van der Waals surface area contributed by atoms with Gasteiger partial charge in [-0.1, -0.05) is 54.6 Å². The van der Waals surface area contributed by atoms with Crippen LogP contribution in [0.25, 0.3) is 10.8 Å². The molecule has 0 spiro atoms. The second-order valence-corrected chi connectivity index (χ2v) is 13.5. The van der Waals surface area contributed by atoms with Crippen molar-refractivity contribution < 1.29 is 24.0 Å². The highest BCUT2D eigenvalue weighted by atomic mass is 127. The molecule has 0 unspecified atom stereocenters. The minimum absolute atomic E-state index is 0.0684. The molecule has 1 aromatic heterocycles. The second kappa shape index (κ2) is 19.2. The first-order chi connectivity index (χ1) is 24.9. The lowest BCUT2D eigenvalue weighted by Crippen LogP contribution is -2.59. The van der Waals surface area contributed by atoms with Crippen molar-refractivity contribution in [2.45, 2.75) is 63.2 Å². The quantitative estimate of drug-likeness (QED) is 0.0306. The first kappa shape index (κ1) is 39.3. The summed E-state index contributed by atoms with van der Waals surface area (Å²) in [5, 5.41) is 12.9. The number of hydrogen-bond donors (Lipinski definition) is 8. The van der Waals surface area contributed by atoms with Gasteiger partial charge in [0.1, 0.15) is 24.2 Å². The van der Waals surface area contributed by atoms with Crippen LogP contribution < -0.4 is 38.5 Å². The summed E-state index contributed by atoms with van der Waals surface area (Å²) >= 11 is 2.16. The van der Waals surface area contributed by atoms with Crippen LogP contribution in [0.2, 0.25) is 0 Å². The van der Waals surface area contributed by atoms with Gasteiger partial charge in [-0.05, 0) is 69.5 Å². The number of halogens is 1. The Hall–Kier alpha value is -5.52. The Morgan fingerprint density at radius 2 is 1.35 bits per heavy atom. The molecule has 274 valence electrons. The summed E-state index contributed by atoms with van der Waals surface area (Å²) in [7, 11) is 0. The molecule has 0 bridgehead atoms. The fourth-order valence-corrected chi connectivity index (χ4v) is 5.91. The minimum Gasteiger partial charge on any atom is -0.370 e. The van der Waals surface area contributed by atoms with Crippen LogP contribution in [-0.2, 0) is 43.2 Å². The van der Waals surface area contributed by atoms with Gasteiger partial charge in [0.05, 0.1) is 6.33 Å². The number of nitrogens with one attached hydrogen (secondary N) is 5. The Bertz CT molecular complexity index is 1880. The van der Waals surface area contributed by atoms with Crippen LogP contribution in [0.5, 0.6) is 0 Å². The van der Waals surface area contributed by atoms with E-state index in [0.717, 1.165) is 25.5 Å². The van der Waals surface area contributed by atoms with Crippen molar-refractivity contribution in [3.05, 3.63) is 99.6 Å². The number of hydrogen-bond acceptors (Lipinski definition) is 7. The summed E-state index contributed by atoms with van der Waals surface area (Å²) in [5.74, 6) is -3.26. The van der Waals surface area contributed by atoms with Crippen LogP contribution in [-0.4, -0.2) is 76.2 Å². The van der Waals surface area contributed by atoms with Gasteiger partial charge >= 0.3 is 0 Å². The number of aliphatic imine (C=N–C) groups is 1. The van der Waals surface area contributed by atoms with Crippen molar-refractivity contribution in [1.82, 2.24) is 31.2 Å². The number of imidazole rings is 1. The third kappa shape index (κ3) is 12.4. The van der Waals surface area contributed by atoms with Gasteiger partial charge in [-0.25, -0.2) is 4.98 Å². The number of aromatic nitrogens is 2. The lowest BCUT2D eigenvalue weighted by Gasteiger charge is -2.26. The summed E-state index contributed by atoms with van der Waals surface area (Å²) in [6.45, 7) is 1.45. The number of guanidine groups is 1. The summed E-state index contributed by atoms with van der Waals surface area (Å²) < 4.78 is 0.975. The van der Waals surface area contributed by atoms with E-state index in [1.807, 2.05) is 66.7 Å². The highest BCUT2D eigenvalue weighted by Crippen LogP contribution is 2.17. The Balaban J connectivity index is 1.56. The largest absolute Gasteiger partial charge is 0.370 e. The lowest BCUT2D eigenvalue weighted by atomic mass is 10.00. The van der Waals surface area contributed by atoms with Crippen molar-refractivity contribution in [2.24, 2.45) is 22.2 Å². The summed E-state index contributed by atoms with van der Waals surface area (Å²) in [6.07, 6.45) is 3.63. The smallest absolute Gasteiger partial charge is 0.243 e. The second-order valence-electron chi connectivity index (χ2n) is 12.3. The van der Waals surface area contributed by atoms with E-state index in [4.69, 9.17) is 17.2 Å². The standard InChI is InChI=1S/C36H43IN10O5/c1-21(48)44-31(18-27-19-41-20-43-27)35(52)45-28(7-4-14-42-36(39)40)33(50)47-30(16-22-9-12-26(37)13-10-22)34(51)46-29(32(38)49)17-23-8-11-24-5-2-3-6-25(24)15-23/h2-3,5-6,8-13,15,19-20,28-31H,4,7,14,16-18H2,1H3,(H2,38,49)(H,41,43)(H,44,48)(H,45,52)(H,46,51)(H,47,50)(H4,39,40,42)/t28-,29-,30+,31-/m0/s1. The Morgan fingerprint density at radius 3 is 1.98 bits per heavy atom. The zero-order valence-corrected chi connectivity index (χ0v) is 30.8. The van der Waals surface area contributed by atoms with Crippen molar-refractivity contribution in [3.63, 3.8) is 0 Å². The number of aromatic amines is 1. The number of benzene rings is 3. The van der Waals surface area contributed by atoms with Crippen LogP contribution in [0.1, 0.15) is 36.6 Å². The van der Waals surface area contributed by atoms with Gasteiger partial charge in [-0.15, -0.1) is 0 Å². The van der Waals surface area contributed by atoms with E-state index < -0.39 is 53.7 Å². The van der Waals surface area contributed by atoms with Crippen LogP contribution in [0, 0.1) is 3.57 Å². The number of fused-ring (bicyclic) bond motifs is 1. The van der Waals surface area contributed by atoms with Gasteiger partial charge in [0, 0.05) is 48.2 Å². The highest BCUT2D eigenvalue weighted by molar-refractivity contribution is 14.1. The molecule has 0 radical (unpaired) electrons. The average Bonchev–Trinajstić information content (AvgIpc) is 3.62. The Morgan fingerprint density at radius 1 is 0.750 bits per heavy atom. The molecule has 3 aromatic carbocycles. The maximum absolute atomic E-state index is 14.0. The molecular formula is C36H43IN10O5. The maximum atomic E-state index is 14.0. The van der Waals surface area contributed by atoms with Crippen LogP contribution in [0.4, 0.5) is 0 Å². The average molecular weight is 823 g/mol. The van der Waals surface area contributed by atoms with E-state index in [9.17, 15) is 24.0 Å². The van der Waals surface area contributed by atoms with Crippen molar-refractivity contribution in [2.75, 3.05) is 6.54 Å². The van der Waals surface area contributed by atoms with Gasteiger partial charge in [0.25, 0.3) is 0 Å². The third-order valence-electron chi connectivity index (χ3n) is 8.15. The van der Waals surface area contributed by atoms with Crippen LogP contribution >= 0.6 is 22.6 Å². The highest BCUT2D eigenvalue weighted by Gasteiger charge is 2.31. The summed E-state index contributed by atoms with van der Waals surface area (Å²) in [5.41, 5.74) is 18.8. The SMILES string of the molecule is CC(=O)N[C@@H](Cc1cnc[nH]1)C(=O)N[C@@H](CCCN=C(N)N)C(=O)N[C@H](Cc1ccc(I)cc1)C(=O)N[C@@H](Cc1ccc2ccccc2c1)C(N)=O. The zero-order valence-electron chi connectivity index (χ0n) is 28.6. The number of H-pyrrole nitrogens is 1. The molecule has 0 aliphatic rings. The van der Waals surface area contributed by atoms with Gasteiger partial charge in [0.15, 0.2) is 5.96 Å². The van der Waals surface area contributed by atoms with Gasteiger partial charge < -0.3 is 43.5 Å². The van der Waals surface area contributed by atoms with Crippen molar-refractivity contribution >= 4 is 68.9 Å². The zero-order chi connectivity index (χ0) is 37.6. The number of amides is 5. The molecular weight excluding hydrogens is 779 g/mol. The molecule has 0 fully saturated rings. The Labute approximate surface area is 314 Å². The number of rotatable bonds is 18. The first-order valence-electron chi connectivity index (χ1n) is 16.6. The van der Waals surface area contributed by atoms with E-state index >= 15 is 0 Å². The van der Waals surface area contributed by atoms with E-state index in [2.05, 4.69) is 58.8 Å². The van der Waals surface area contributed by atoms with E-state index in [0.29, 0.717) is 12.1 Å². The number of primary amides is 1. The monoisotopic (exact) mass is 822 g/mol. The predicted octanol–water partition coefficient (Wildman–Crippen LogP) is 0.693. The van der Waals surface area contributed by atoms with Crippen molar-refractivity contribution in [1.29, 1.82) is 0 Å². The molecule has 15 nitrogen and oxygen atoms in total. The van der Waals surface area contributed by atoms with Crippen LogP contribution in [0.3, 0.4) is 0 Å². The lowest BCUT2D eigenvalue weighted by molar-refractivity contribution is -0.134. The number of carbonyl (C=O) groups is 5. The Kier molecular flexibility index (Phi) is 14.5. The molecule has 1 heterocycles. The maximum Gasteiger partial charge on any atom is 0.243 e. The number of nitrogens with zero attached hydrogens (tertiary/aromatic N) is 2.